The lowest BCUT2D eigenvalue weighted by Gasteiger charge is -2.28. The molecule has 2 heterocycles. The summed E-state index contributed by atoms with van der Waals surface area (Å²) in [5.74, 6) is -0.924. The number of rotatable bonds is 8. The molecule has 1 aliphatic heterocycles. The molecule has 1 aliphatic carbocycles. The van der Waals surface area contributed by atoms with Crippen molar-refractivity contribution in [3.63, 3.8) is 0 Å². The van der Waals surface area contributed by atoms with Crippen LogP contribution in [0.5, 0.6) is 11.5 Å². The summed E-state index contributed by atoms with van der Waals surface area (Å²) in [5, 5.41) is 13.2. The van der Waals surface area contributed by atoms with Crippen LogP contribution >= 0.6 is 0 Å². The molecule has 1 unspecified atom stereocenters. The van der Waals surface area contributed by atoms with Gasteiger partial charge in [0.25, 0.3) is 0 Å². The molecule has 0 radical (unpaired) electrons. The van der Waals surface area contributed by atoms with Gasteiger partial charge >= 0.3 is 12.1 Å². The van der Waals surface area contributed by atoms with Crippen molar-refractivity contribution in [1.29, 1.82) is 0 Å². The van der Waals surface area contributed by atoms with E-state index in [2.05, 4.69) is 11.9 Å². The second-order valence-corrected chi connectivity index (χ2v) is 11.7. The van der Waals surface area contributed by atoms with E-state index in [1.807, 2.05) is 54.6 Å². The number of ether oxygens (including phenoxy) is 3. The van der Waals surface area contributed by atoms with Crippen molar-refractivity contribution in [1.82, 2.24) is 15.2 Å². The zero-order valence-electron chi connectivity index (χ0n) is 24.1. The number of pyridine rings is 1. The number of benzene rings is 2. The van der Waals surface area contributed by atoms with Gasteiger partial charge in [0.05, 0.1) is 24.9 Å². The minimum Gasteiger partial charge on any atom is -0.497 e. The third kappa shape index (κ3) is 5.74. The molecule has 10 nitrogen and oxygen atoms in total. The molecule has 1 saturated carbocycles. The number of methoxy groups -OCH3 is 1. The Labute approximate surface area is 244 Å². The quantitative estimate of drug-likeness (QED) is 0.368. The average Bonchev–Trinajstić information content (AvgIpc) is 3.51. The Morgan fingerprint density at radius 1 is 1.14 bits per heavy atom. The first-order valence-corrected chi connectivity index (χ1v) is 13.8. The first kappa shape index (κ1) is 28.9. The number of carboxylic acids is 1. The van der Waals surface area contributed by atoms with Crippen molar-refractivity contribution >= 4 is 28.9 Å². The van der Waals surface area contributed by atoms with E-state index in [1.165, 1.54) is 11.0 Å². The third-order valence-electron chi connectivity index (χ3n) is 7.56. The molecular weight excluding hydrogens is 538 g/mol. The number of hydrogen-bond donors (Lipinski definition) is 2. The zero-order valence-corrected chi connectivity index (χ0v) is 24.1. The van der Waals surface area contributed by atoms with E-state index >= 15 is 0 Å². The fourth-order valence-corrected chi connectivity index (χ4v) is 5.31. The molecule has 4 atom stereocenters. The maximum absolute atomic E-state index is 13.5. The summed E-state index contributed by atoms with van der Waals surface area (Å²) >= 11 is 0. The van der Waals surface area contributed by atoms with Crippen LogP contribution in [0.15, 0.2) is 67.3 Å². The Bertz CT molecular complexity index is 1530. The van der Waals surface area contributed by atoms with Crippen molar-refractivity contribution in [2.45, 2.75) is 56.9 Å². The van der Waals surface area contributed by atoms with Gasteiger partial charge in [-0.1, -0.05) is 36.4 Å². The van der Waals surface area contributed by atoms with Crippen LogP contribution in [-0.2, 0) is 14.3 Å². The van der Waals surface area contributed by atoms with E-state index < -0.39 is 41.3 Å². The first-order valence-electron chi connectivity index (χ1n) is 13.8. The SMILES string of the molecule is C=CC1C[C@]1(NC(=O)[C@@H]1C[C@@H](Oc2cc(-c3ccccc3)nc3cc(OC)ccc23)CN1C(=O)OC(C)(C)C)C(=O)O. The number of carbonyl (C=O) groups is 3. The summed E-state index contributed by atoms with van der Waals surface area (Å²) in [4.78, 5) is 44.9. The van der Waals surface area contributed by atoms with Crippen LogP contribution in [-0.4, -0.2) is 69.9 Å². The number of aliphatic carboxylic acids is 1. The minimum atomic E-state index is -1.43. The number of likely N-dealkylation sites (tertiary alicyclic amines) is 1. The van der Waals surface area contributed by atoms with Crippen molar-refractivity contribution < 1.29 is 33.7 Å². The molecule has 3 aromatic rings. The predicted octanol–water partition coefficient (Wildman–Crippen LogP) is 4.81. The lowest BCUT2D eigenvalue weighted by molar-refractivity contribution is -0.144. The van der Waals surface area contributed by atoms with Crippen molar-refractivity contribution in [2.24, 2.45) is 5.92 Å². The Balaban J connectivity index is 1.47. The molecule has 2 aliphatic rings. The van der Waals surface area contributed by atoms with Gasteiger partial charge in [0.1, 0.15) is 34.8 Å². The van der Waals surface area contributed by atoms with E-state index in [1.54, 1.807) is 27.9 Å². The second kappa shape index (κ2) is 11.0. The monoisotopic (exact) mass is 573 g/mol. The van der Waals surface area contributed by atoms with Gasteiger partial charge in [-0.05, 0) is 39.3 Å². The number of carbonyl (C=O) groups excluding carboxylic acids is 2. The van der Waals surface area contributed by atoms with Crippen LogP contribution < -0.4 is 14.8 Å². The van der Waals surface area contributed by atoms with Crippen LogP contribution in [0.1, 0.15) is 33.6 Å². The summed E-state index contributed by atoms with van der Waals surface area (Å²) in [7, 11) is 1.59. The second-order valence-electron chi connectivity index (χ2n) is 11.7. The summed E-state index contributed by atoms with van der Waals surface area (Å²) < 4.78 is 17.5. The fourth-order valence-electron chi connectivity index (χ4n) is 5.31. The predicted molar refractivity (Wildman–Crippen MR) is 156 cm³/mol. The number of nitrogens with one attached hydrogen (secondary N) is 1. The van der Waals surface area contributed by atoms with Crippen LogP contribution in [0.25, 0.3) is 22.2 Å². The van der Waals surface area contributed by atoms with Crippen LogP contribution in [0.3, 0.4) is 0 Å². The Hall–Kier alpha value is -4.60. The Kier molecular flexibility index (Phi) is 7.57. The molecule has 0 spiro atoms. The maximum Gasteiger partial charge on any atom is 0.411 e. The molecule has 1 aromatic heterocycles. The maximum atomic E-state index is 13.5. The van der Waals surface area contributed by atoms with E-state index in [-0.39, 0.29) is 25.3 Å². The van der Waals surface area contributed by atoms with Gasteiger partial charge in [-0.25, -0.2) is 14.6 Å². The molecule has 42 heavy (non-hydrogen) atoms. The largest absolute Gasteiger partial charge is 0.497 e. The van der Waals surface area contributed by atoms with Crippen molar-refractivity contribution in [3.8, 4) is 22.8 Å². The lowest BCUT2D eigenvalue weighted by atomic mass is 10.1. The van der Waals surface area contributed by atoms with Gasteiger partial charge in [0, 0.05) is 35.4 Å². The zero-order chi connectivity index (χ0) is 30.2. The fraction of sp³-hybridized carbons (Fsp3) is 0.375. The van der Waals surface area contributed by atoms with Crippen LogP contribution in [0.2, 0.25) is 0 Å². The molecule has 2 aromatic carbocycles. The molecule has 1 saturated heterocycles. The van der Waals surface area contributed by atoms with Gasteiger partial charge in [-0.3, -0.25) is 9.69 Å². The molecule has 10 heteroatoms. The summed E-state index contributed by atoms with van der Waals surface area (Å²) in [6.07, 6.45) is 0.642. The number of carboxylic acid groups (broad SMARTS) is 1. The number of aromatic nitrogens is 1. The highest BCUT2D eigenvalue weighted by Crippen LogP contribution is 2.45. The van der Waals surface area contributed by atoms with Crippen molar-refractivity contribution in [2.75, 3.05) is 13.7 Å². The Morgan fingerprint density at radius 2 is 1.88 bits per heavy atom. The summed E-state index contributed by atoms with van der Waals surface area (Å²) in [6.45, 7) is 8.97. The molecule has 2 amide bonds. The highest BCUT2D eigenvalue weighted by atomic mass is 16.6. The lowest BCUT2D eigenvalue weighted by Crippen LogP contribution is -2.53. The molecule has 220 valence electrons. The molecular formula is C32H35N3O7. The highest BCUT2D eigenvalue weighted by molar-refractivity contribution is 5.94. The standard InChI is InChI=1S/C32H35N3O7/c1-6-20-17-32(20,29(37)38)34-28(36)26-15-22(18-35(26)30(39)42-31(2,3)4)41-27-16-24(19-10-8-7-9-11-19)33-25-14-21(40-5)12-13-23(25)27/h6-14,16,20,22,26H,1,15,17-18H2,2-5H3,(H,34,36)(H,37,38)/t20?,22-,26+,32-/m1/s1. The average molecular weight is 574 g/mol. The third-order valence-corrected chi connectivity index (χ3v) is 7.56. The van der Waals surface area contributed by atoms with E-state index in [0.717, 1.165) is 10.9 Å². The topological polar surface area (TPSA) is 127 Å². The molecule has 2 N–H and O–H groups in total. The first-order chi connectivity index (χ1) is 19.9. The Morgan fingerprint density at radius 3 is 2.50 bits per heavy atom. The van der Waals surface area contributed by atoms with E-state index in [9.17, 15) is 19.5 Å². The van der Waals surface area contributed by atoms with E-state index in [4.69, 9.17) is 19.2 Å². The van der Waals surface area contributed by atoms with Crippen LogP contribution in [0, 0.1) is 5.92 Å². The van der Waals surface area contributed by atoms with E-state index in [0.29, 0.717) is 22.7 Å². The molecule has 5 rings (SSSR count). The number of hydrogen-bond acceptors (Lipinski definition) is 7. The van der Waals surface area contributed by atoms with Crippen LogP contribution in [0.4, 0.5) is 4.79 Å². The van der Waals surface area contributed by atoms with Gasteiger partial charge in [-0.2, -0.15) is 0 Å². The number of nitrogens with zero attached hydrogens (tertiary/aromatic N) is 2. The normalized spacial score (nSPS) is 23.2. The summed E-state index contributed by atoms with van der Waals surface area (Å²) in [6, 6.07) is 16.0. The number of amides is 2. The van der Waals surface area contributed by atoms with Crippen molar-refractivity contribution in [3.05, 3.63) is 67.3 Å². The number of fused-ring (bicyclic) bond motifs is 1. The van der Waals surface area contributed by atoms with Gasteiger partial charge < -0.3 is 24.6 Å². The van der Waals surface area contributed by atoms with Gasteiger partial charge in [0.2, 0.25) is 5.91 Å². The smallest absolute Gasteiger partial charge is 0.411 e. The minimum absolute atomic E-state index is 0.0681. The van der Waals surface area contributed by atoms with Gasteiger partial charge in [-0.15, -0.1) is 6.58 Å². The summed E-state index contributed by atoms with van der Waals surface area (Å²) in [5.41, 5.74) is 0.0213. The molecule has 2 fully saturated rings. The molecule has 0 bridgehead atoms. The van der Waals surface area contributed by atoms with Gasteiger partial charge in [0.15, 0.2) is 0 Å². The highest BCUT2D eigenvalue weighted by Gasteiger charge is 2.61.